The minimum atomic E-state index is -0.417. The van der Waals surface area contributed by atoms with E-state index in [1.165, 1.54) is 31.4 Å². The molecule has 0 aromatic heterocycles. The van der Waals surface area contributed by atoms with Crippen LogP contribution in [-0.4, -0.2) is 47.2 Å². The predicted octanol–water partition coefficient (Wildman–Crippen LogP) is 2.57. The Bertz CT molecular complexity index is 542. The molecule has 3 rings (SSSR count). The number of piperidine rings is 1. The summed E-state index contributed by atoms with van der Waals surface area (Å²) in [5.74, 6) is -0.0704. The summed E-state index contributed by atoms with van der Waals surface area (Å²) in [5.41, 5.74) is 2.10. The van der Waals surface area contributed by atoms with Crippen LogP contribution in [0.25, 0.3) is 0 Å². The number of hydrogen-bond donors (Lipinski definition) is 3. The van der Waals surface area contributed by atoms with Crippen LogP contribution in [0, 0.1) is 0 Å². The quantitative estimate of drug-likeness (QED) is 0.740. The standard InChI is InChI=1S/C18H27N3O2.2ClH/c1-13-4-2-3-9-21(13)12-14-5-7-15(8-6-14)20-18(23)17-10-16(22)11-19-17;;/h5-8,13,16-17,19,22H,2-4,9-12H2,1H3,(H,20,23);2*1H. The molecular formula is C18H29Cl2N3O2. The Balaban J connectivity index is 0.00000156. The van der Waals surface area contributed by atoms with Crippen molar-refractivity contribution in [3.8, 4) is 0 Å². The van der Waals surface area contributed by atoms with Gasteiger partial charge in [-0.2, -0.15) is 0 Å². The van der Waals surface area contributed by atoms with Crippen LogP contribution in [0.4, 0.5) is 5.69 Å². The van der Waals surface area contributed by atoms with Gasteiger partial charge in [-0.25, -0.2) is 0 Å². The number of amides is 1. The third kappa shape index (κ3) is 6.12. The molecule has 0 saturated carbocycles. The Hall–Kier alpha value is -0.850. The van der Waals surface area contributed by atoms with Crippen LogP contribution < -0.4 is 10.6 Å². The highest BCUT2D eigenvalue weighted by molar-refractivity contribution is 5.95. The first-order chi connectivity index (χ1) is 11.1. The van der Waals surface area contributed by atoms with Crippen LogP contribution in [0.5, 0.6) is 0 Å². The van der Waals surface area contributed by atoms with Crippen LogP contribution in [0.1, 0.15) is 38.2 Å². The molecule has 2 fully saturated rings. The third-order valence-electron chi connectivity index (χ3n) is 4.97. The highest BCUT2D eigenvalue weighted by Gasteiger charge is 2.28. The summed E-state index contributed by atoms with van der Waals surface area (Å²) in [7, 11) is 0. The van der Waals surface area contributed by atoms with Crippen LogP contribution in [0.3, 0.4) is 0 Å². The number of rotatable bonds is 4. The van der Waals surface area contributed by atoms with Crippen LogP contribution in [0.2, 0.25) is 0 Å². The lowest BCUT2D eigenvalue weighted by molar-refractivity contribution is -0.117. The van der Waals surface area contributed by atoms with E-state index in [0.29, 0.717) is 19.0 Å². The van der Waals surface area contributed by atoms with Gasteiger partial charge < -0.3 is 15.7 Å². The number of carbonyl (C=O) groups excluding carboxylic acids is 1. The van der Waals surface area contributed by atoms with Crippen molar-refractivity contribution in [3.05, 3.63) is 29.8 Å². The zero-order valence-corrected chi connectivity index (χ0v) is 16.2. The molecule has 3 atom stereocenters. The van der Waals surface area contributed by atoms with Crippen molar-refractivity contribution in [3.63, 3.8) is 0 Å². The Labute approximate surface area is 162 Å². The Morgan fingerprint density at radius 3 is 2.60 bits per heavy atom. The Morgan fingerprint density at radius 1 is 1.28 bits per heavy atom. The van der Waals surface area contributed by atoms with E-state index in [1.807, 2.05) is 12.1 Å². The number of hydrogen-bond acceptors (Lipinski definition) is 4. The number of likely N-dealkylation sites (tertiary alicyclic amines) is 1. The number of aliphatic hydroxyl groups is 1. The lowest BCUT2D eigenvalue weighted by atomic mass is 10.0. The largest absolute Gasteiger partial charge is 0.392 e. The maximum atomic E-state index is 12.1. The van der Waals surface area contributed by atoms with Gasteiger partial charge >= 0.3 is 0 Å². The second-order valence-electron chi connectivity index (χ2n) is 6.85. The fourth-order valence-electron chi connectivity index (χ4n) is 3.47. The van der Waals surface area contributed by atoms with Gasteiger partial charge in [0.05, 0.1) is 12.1 Å². The summed E-state index contributed by atoms with van der Waals surface area (Å²) in [6.07, 6.45) is 3.98. The molecule has 0 radical (unpaired) electrons. The van der Waals surface area contributed by atoms with E-state index in [9.17, 15) is 9.90 Å². The molecular weight excluding hydrogens is 361 g/mol. The van der Waals surface area contributed by atoms with Gasteiger partial charge in [0.25, 0.3) is 0 Å². The molecule has 0 spiro atoms. The highest BCUT2D eigenvalue weighted by Crippen LogP contribution is 2.20. The van der Waals surface area contributed by atoms with Gasteiger partial charge in [-0.1, -0.05) is 18.6 Å². The number of anilines is 1. The second-order valence-corrected chi connectivity index (χ2v) is 6.85. The molecule has 7 heteroatoms. The van der Waals surface area contributed by atoms with Crippen LogP contribution >= 0.6 is 24.8 Å². The fourth-order valence-corrected chi connectivity index (χ4v) is 3.47. The normalized spacial score (nSPS) is 26.4. The first-order valence-electron chi connectivity index (χ1n) is 8.67. The first kappa shape index (κ1) is 22.2. The monoisotopic (exact) mass is 389 g/mol. The van der Waals surface area contributed by atoms with E-state index in [0.717, 1.165) is 12.2 Å². The van der Waals surface area contributed by atoms with Crippen LogP contribution in [-0.2, 0) is 11.3 Å². The zero-order chi connectivity index (χ0) is 16.2. The van der Waals surface area contributed by atoms with Crippen molar-refractivity contribution in [1.29, 1.82) is 0 Å². The van der Waals surface area contributed by atoms with Gasteiger partial charge in [-0.05, 0) is 50.4 Å². The molecule has 1 aromatic rings. The SMILES string of the molecule is CC1CCCCN1Cc1ccc(NC(=O)C2CC(O)CN2)cc1.Cl.Cl. The molecule has 3 N–H and O–H groups in total. The molecule has 2 aliphatic rings. The highest BCUT2D eigenvalue weighted by atomic mass is 35.5. The third-order valence-corrected chi connectivity index (χ3v) is 4.97. The van der Waals surface area contributed by atoms with E-state index in [1.54, 1.807) is 0 Å². The minimum absolute atomic E-state index is 0. The number of nitrogens with one attached hydrogen (secondary N) is 2. The molecule has 5 nitrogen and oxygen atoms in total. The van der Waals surface area contributed by atoms with Crippen molar-refractivity contribution in [1.82, 2.24) is 10.2 Å². The van der Waals surface area contributed by atoms with E-state index < -0.39 is 6.10 Å². The Morgan fingerprint density at radius 2 is 2.00 bits per heavy atom. The fraction of sp³-hybridized carbons (Fsp3) is 0.611. The summed E-state index contributed by atoms with van der Waals surface area (Å²) in [4.78, 5) is 14.6. The van der Waals surface area contributed by atoms with Crippen molar-refractivity contribution in [2.24, 2.45) is 0 Å². The molecule has 3 unspecified atom stereocenters. The lowest BCUT2D eigenvalue weighted by Gasteiger charge is -2.33. The molecule has 2 saturated heterocycles. The van der Waals surface area contributed by atoms with Crippen molar-refractivity contribution in [2.75, 3.05) is 18.4 Å². The number of aliphatic hydroxyl groups excluding tert-OH is 1. The second kappa shape index (κ2) is 10.3. The topological polar surface area (TPSA) is 64.6 Å². The first-order valence-corrected chi connectivity index (χ1v) is 8.67. The summed E-state index contributed by atoms with van der Waals surface area (Å²) in [5, 5.41) is 15.4. The van der Waals surface area contributed by atoms with E-state index in [-0.39, 0.29) is 36.8 Å². The number of nitrogens with zero attached hydrogens (tertiary/aromatic N) is 1. The van der Waals surface area contributed by atoms with Gasteiger partial charge in [-0.3, -0.25) is 9.69 Å². The molecule has 2 aliphatic heterocycles. The zero-order valence-electron chi connectivity index (χ0n) is 14.6. The molecule has 1 aromatic carbocycles. The molecule has 142 valence electrons. The molecule has 25 heavy (non-hydrogen) atoms. The average molecular weight is 390 g/mol. The Kier molecular flexibility index (Phi) is 9.17. The van der Waals surface area contributed by atoms with Crippen molar-refractivity contribution >= 4 is 36.4 Å². The van der Waals surface area contributed by atoms with E-state index in [2.05, 4.69) is 34.6 Å². The number of carbonyl (C=O) groups is 1. The maximum Gasteiger partial charge on any atom is 0.241 e. The maximum absolute atomic E-state index is 12.1. The number of halogens is 2. The van der Waals surface area contributed by atoms with E-state index in [4.69, 9.17) is 0 Å². The smallest absolute Gasteiger partial charge is 0.241 e. The molecule has 0 bridgehead atoms. The van der Waals surface area contributed by atoms with E-state index >= 15 is 0 Å². The van der Waals surface area contributed by atoms with Gasteiger partial charge in [0.2, 0.25) is 5.91 Å². The predicted molar refractivity (Wildman–Crippen MR) is 106 cm³/mol. The number of benzene rings is 1. The lowest BCUT2D eigenvalue weighted by Crippen LogP contribution is -2.36. The minimum Gasteiger partial charge on any atom is -0.392 e. The van der Waals surface area contributed by atoms with Gasteiger partial charge in [-0.15, -0.1) is 24.8 Å². The molecule has 1 amide bonds. The molecule has 2 heterocycles. The van der Waals surface area contributed by atoms with Crippen LogP contribution in [0.15, 0.2) is 24.3 Å². The average Bonchev–Trinajstić information content (AvgIpc) is 2.98. The number of β-amino-alcohol motifs (C(OH)–C–C–N with tert-alkyl or cyclic N) is 1. The summed E-state index contributed by atoms with van der Waals surface area (Å²) in [6, 6.07) is 8.48. The van der Waals surface area contributed by atoms with Crippen molar-refractivity contribution < 1.29 is 9.90 Å². The van der Waals surface area contributed by atoms with Crippen molar-refractivity contribution in [2.45, 2.75) is 57.3 Å². The summed E-state index contributed by atoms with van der Waals surface area (Å²) < 4.78 is 0. The van der Waals surface area contributed by atoms with Gasteiger partial charge in [0.15, 0.2) is 0 Å². The molecule has 0 aliphatic carbocycles. The van der Waals surface area contributed by atoms with Gasteiger partial charge in [0.1, 0.15) is 0 Å². The van der Waals surface area contributed by atoms with Gasteiger partial charge in [0, 0.05) is 24.8 Å². The summed E-state index contributed by atoms with van der Waals surface area (Å²) >= 11 is 0. The summed E-state index contributed by atoms with van der Waals surface area (Å²) in [6.45, 7) is 4.95.